The van der Waals surface area contributed by atoms with Gasteiger partial charge in [0.25, 0.3) is 5.91 Å². The van der Waals surface area contributed by atoms with Crippen LogP contribution in [-0.2, 0) is 11.3 Å². The van der Waals surface area contributed by atoms with Crippen LogP contribution in [-0.4, -0.2) is 26.8 Å². The first-order valence-corrected chi connectivity index (χ1v) is 11.4. The first-order chi connectivity index (χ1) is 15.4. The average Bonchev–Trinajstić information content (AvgIpc) is 3.48. The van der Waals surface area contributed by atoms with Crippen LogP contribution in [0.4, 0.5) is 0 Å². The zero-order valence-corrected chi connectivity index (χ0v) is 18.9. The van der Waals surface area contributed by atoms with Crippen LogP contribution in [0.25, 0.3) is 11.0 Å². The predicted octanol–water partition coefficient (Wildman–Crippen LogP) is 5.74. The van der Waals surface area contributed by atoms with Crippen molar-refractivity contribution in [2.45, 2.75) is 12.6 Å². The molecule has 6 nitrogen and oxygen atoms in total. The van der Waals surface area contributed by atoms with Crippen molar-refractivity contribution in [3.05, 3.63) is 98.0 Å². The quantitative estimate of drug-likeness (QED) is 0.334. The molecular weight excluding hydrogens is 494 g/mol. The number of aromatic hydroxyl groups is 1. The van der Waals surface area contributed by atoms with Crippen molar-refractivity contribution in [2.24, 2.45) is 0 Å². The highest BCUT2D eigenvalue weighted by atomic mass is 79.9. The molecule has 32 heavy (non-hydrogen) atoms. The third kappa shape index (κ3) is 3.51. The third-order valence-corrected chi connectivity index (χ3v) is 6.70. The van der Waals surface area contributed by atoms with Gasteiger partial charge in [-0.2, -0.15) is 0 Å². The van der Waals surface area contributed by atoms with Crippen LogP contribution < -0.4 is 0 Å². The summed E-state index contributed by atoms with van der Waals surface area (Å²) in [5.41, 5.74) is 0.960. The van der Waals surface area contributed by atoms with Gasteiger partial charge in [0.2, 0.25) is 5.78 Å². The maximum atomic E-state index is 13.5. The number of nitrogens with zero attached hydrogens (tertiary/aromatic N) is 1. The lowest BCUT2D eigenvalue weighted by molar-refractivity contribution is -0.130. The van der Waals surface area contributed by atoms with Crippen molar-refractivity contribution in [1.29, 1.82) is 0 Å². The number of ketones is 1. The number of carbonyl (C=O) groups excluding carboxylic acids is 2. The number of fused-ring (bicyclic) bond motifs is 1. The predicted molar refractivity (Wildman–Crippen MR) is 124 cm³/mol. The minimum Gasteiger partial charge on any atom is -0.508 e. The zero-order chi connectivity index (χ0) is 22.4. The standard InChI is InChI=1S/C24H16BrNO5S/c25-15-6-7-18-14(9-15)11-19(31-18)22(28)20-21(13-3-1-4-16(27)10-13)26(24(30)23(20)29)12-17-5-2-8-32-17/h1-11,21,27,29H,12H2. The minimum absolute atomic E-state index is 0.00204. The van der Waals surface area contributed by atoms with Crippen LogP contribution in [0.1, 0.15) is 27.0 Å². The molecule has 1 unspecified atom stereocenters. The molecule has 0 radical (unpaired) electrons. The Morgan fingerprint density at radius 3 is 2.69 bits per heavy atom. The lowest BCUT2D eigenvalue weighted by atomic mass is 9.95. The van der Waals surface area contributed by atoms with E-state index in [9.17, 15) is 19.8 Å². The Balaban J connectivity index is 1.61. The molecule has 0 fully saturated rings. The molecule has 0 saturated heterocycles. The number of Topliss-reactive ketones (excluding diaryl/α,β-unsaturated/α-hetero) is 1. The van der Waals surface area contributed by atoms with Gasteiger partial charge in [0.05, 0.1) is 18.2 Å². The summed E-state index contributed by atoms with van der Waals surface area (Å²) in [5.74, 6) is -1.81. The van der Waals surface area contributed by atoms with Gasteiger partial charge in [-0.1, -0.05) is 34.1 Å². The summed E-state index contributed by atoms with van der Waals surface area (Å²) in [4.78, 5) is 28.9. The summed E-state index contributed by atoms with van der Waals surface area (Å²) in [6.45, 7) is 0.213. The molecular formula is C24H16BrNO5S. The molecule has 0 saturated carbocycles. The van der Waals surface area contributed by atoms with Gasteiger partial charge in [-0.15, -0.1) is 11.3 Å². The zero-order valence-electron chi connectivity index (χ0n) is 16.5. The first-order valence-electron chi connectivity index (χ1n) is 9.71. The number of carbonyl (C=O) groups is 2. The molecule has 2 aromatic heterocycles. The van der Waals surface area contributed by atoms with Gasteiger partial charge < -0.3 is 19.5 Å². The molecule has 1 atom stereocenters. The summed E-state index contributed by atoms with van der Waals surface area (Å²) in [7, 11) is 0. The highest BCUT2D eigenvalue weighted by Gasteiger charge is 2.44. The number of amides is 1. The Kier molecular flexibility index (Phi) is 5.11. The lowest BCUT2D eigenvalue weighted by Gasteiger charge is -2.26. The highest BCUT2D eigenvalue weighted by Crippen LogP contribution is 2.41. The molecule has 1 aliphatic heterocycles. The number of benzene rings is 2. The van der Waals surface area contributed by atoms with Gasteiger partial charge in [-0.05, 0) is 53.4 Å². The SMILES string of the molecule is O=C(C1=C(O)C(=O)N(Cc2cccs2)C1c1cccc(O)c1)c1cc2cc(Br)ccc2o1. The van der Waals surface area contributed by atoms with Crippen LogP contribution in [0, 0.1) is 0 Å². The monoisotopic (exact) mass is 509 g/mol. The summed E-state index contributed by atoms with van der Waals surface area (Å²) in [6.07, 6.45) is 0. The average molecular weight is 510 g/mol. The van der Waals surface area contributed by atoms with Gasteiger partial charge >= 0.3 is 0 Å². The van der Waals surface area contributed by atoms with E-state index >= 15 is 0 Å². The Morgan fingerprint density at radius 2 is 1.94 bits per heavy atom. The van der Waals surface area contributed by atoms with E-state index in [4.69, 9.17) is 4.42 Å². The highest BCUT2D eigenvalue weighted by molar-refractivity contribution is 9.10. The van der Waals surface area contributed by atoms with Gasteiger partial charge in [-0.3, -0.25) is 9.59 Å². The van der Waals surface area contributed by atoms with Gasteiger partial charge in [0, 0.05) is 14.7 Å². The largest absolute Gasteiger partial charge is 0.508 e. The molecule has 5 rings (SSSR count). The fourth-order valence-electron chi connectivity index (χ4n) is 3.92. The van der Waals surface area contributed by atoms with Gasteiger partial charge in [0.15, 0.2) is 11.5 Å². The number of hydrogen-bond acceptors (Lipinski definition) is 6. The number of aliphatic hydroxyl groups is 1. The molecule has 0 bridgehead atoms. The van der Waals surface area contributed by atoms with Crippen LogP contribution in [0.3, 0.4) is 0 Å². The molecule has 2 aromatic carbocycles. The van der Waals surface area contributed by atoms with Crippen LogP contribution in [0.2, 0.25) is 0 Å². The topological polar surface area (TPSA) is 91.0 Å². The first kappa shape index (κ1) is 20.5. The van der Waals surface area contributed by atoms with Crippen molar-refractivity contribution in [2.75, 3.05) is 0 Å². The Bertz CT molecular complexity index is 1390. The van der Waals surface area contributed by atoms with E-state index in [0.717, 1.165) is 14.7 Å². The Hall–Kier alpha value is -3.36. The van der Waals surface area contributed by atoms with Crippen molar-refractivity contribution < 1.29 is 24.2 Å². The van der Waals surface area contributed by atoms with Crippen molar-refractivity contribution >= 4 is 49.9 Å². The van der Waals surface area contributed by atoms with Gasteiger partial charge in [-0.25, -0.2) is 0 Å². The number of phenolic OH excluding ortho intramolecular Hbond substituents is 1. The minimum atomic E-state index is -0.871. The van der Waals surface area contributed by atoms with E-state index in [2.05, 4.69) is 15.9 Å². The third-order valence-electron chi connectivity index (χ3n) is 5.34. The summed E-state index contributed by atoms with van der Waals surface area (Å²) >= 11 is 4.87. The number of halogens is 1. The molecule has 0 spiro atoms. The fraction of sp³-hybridized carbons (Fsp3) is 0.0833. The number of rotatable bonds is 5. The second kappa shape index (κ2) is 7.96. The number of aliphatic hydroxyl groups excluding tert-OH is 1. The second-order valence-corrected chi connectivity index (χ2v) is 9.34. The lowest BCUT2D eigenvalue weighted by Crippen LogP contribution is -2.30. The summed E-state index contributed by atoms with van der Waals surface area (Å²) < 4.78 is 6.57. The maximum Gasteiger partial charge on any atom is 0.290 e. The van der Waals surface area contributed by atoms with Crippen molar-refractivity contribution in [3.63, 3.8) is 0 Å². The smallest absolute Gasteiger partial charge is 0.290 e. The van der Waals surface area contributed by atoms with Gasteiger partial charge in [0.1, 0.15) is 11.3 Å². The number of phenols is 1. The van der Waals surface area contributed by atoms with Crippen LogP contribution in [0.5, 0.6) is 5.75 Å². The second-order valence-electron chi connectivity index (χ2n) is 7.39. The van der Waals surface area contributed by atoms with E-state index in [1.54, 1.807) is 30.3 Å². The van der Waals surface area contributed by atoms with E-state index in [-0.39, 0.29) is 23.6 Å². The van der Waals surface area contributed by atoms with Crippen molar-refractivity contribution in [1.82, 2.24) is 4.90 Å². The normalized spacial score (nSPS) is 16.3. The maximum absolute atomic E-state index is 13.5. The molecule has 160 valence electrons. The van der Waals surface area contributed by atoms with Crippen LogP contribution >= 0.6 is 27.3 Å². The van der Waals surface area contributed by atoms with E-state index in [1.165, 1.54) is 28.4 Å². The molecule has 8 heteroatoms. The molecule has 4 aromatic rings. The fourth-order valence-corrected chi connectivity index (χ4v) is 5.00. The molecule has 0 aliphatic carbocycles. The number of thiophene rings is 1. The summed E-state index contributed by atoms with van der Waals surface area (Å²) in [6, 6.07) is 16.2. The molecule has 1 amide bonds. The Morgan fingerprint density at radius 1 is 1.09 bits per heavy atom. The van der Waals surface area contributed by atoms with E-state index < -0.39 is 23.5 Å². The number of hydrogen-bond donors (Lipinski definition) is 2. The van der Waals surface area contributed by atoms with Crippen molar-refractivity contribution in [3.8, 4) is 5.75 Å². The van der Waals surface area contributed by atoms with E-state index in [0.29, 0.717) is 11.1 Å². The van der Waals surface area contributed by atoms with Crippen LogP contribution in [0.15, 0.2) is 86.3 Å². The molecule has 3 heterocycles. The molecule has 1 aliphatic rings. The molecule has 2 N–H and O–H groups in total. The number of furan rings is 1. The Labute approximate surface area is 195 Å². The van der Waals surface area contributed by atoms with E-state index in [1.807, 2.05) is 23.6 Å². The summed E-state index contributed by atoms with van der Waals surface area (Å²) in [5, 5.41) is 23.4.